The van der Waals surface area contributed by atoms with Gasteiger partial charge in [0, 0.05) is 22.5 Å². The summed E-state index contributed by atoms with van der Waals surface area (Å²) in [4.78, 5) is 2.27. The second-order valence-electron chi connectivity index (χ2n) is 11.7. The Morgan fingerprint density at radius 1 is 0.548 bits per heavy atom. The average molecular weight is 537 g/mol. The van der Waals surface area contributed by atoms with Crippen LogP contribution in [0.25, 0.3) is 43.4 Å². The molecule has 0 amide bonds. The third-order valence-corrected chi connectivity index (χ3v) is 8.99. The first-order chi connectivity index (χ1) is 20.5. The van der Waals surface area contributed by atoms with Gasteiger partial charge in [0.25, 0.3) is 0 Å². The predicted octanol–water partition coefficient (Wildman–Crippen LogP) is 10.8. The van der Waals surface area contributed by atoms with E-state index in [1.165, 1.54) is 54.6 Å². The van der Waals surface area contributed by atoms with E-state index in [-0.39, 0.29) is 5.41 Å². The maximum atomic E-state index is 9.40. The highest BCUT2D eigenvalue weighted by Gasteiger charge is 2.38. The summed E-state index contributed by atoms with van der Waals surface area (Å²) < 4.78 is 0. The Morgan fingerprint density at radius 3 is 1.90 bits per heavy atom. The second kappa shape index (κ2) is 9.06. The molecule has 0 N–H and O–H groups in total. The summed E-state index contributed by atoms with van der Waals surface area (Å²) in [7, 11) is 0. The van der Waals surface area contributed by atoms with E-state index in [9.17, 15) is 5.26 Å². The van der Waals surface area contributed by atoms with Crippen LogP contribution in [0, 0.1) is 11.3 Å². The molecule has 0 fully saturated rings. The standard InChI is InChI=1S/C40H28N2/c1-40(2)37-23-28-11-7-6-10-27(28)22-36(37)38-33-15-9-8-14-32(33)35-24-31(20-21-34(35)39(38)40)42(29-12-4-3-5-13-29)30-18-16-26(25-41)17-19-30/h3-24H,1-2H3. The minimum absolute atomic E-state index is 0.148. The Morgan fingerprint density at radius 2 is 1.17 bits per heavy atom. The van der Waals surface area contributed by atoms with E-state index in [4.69, 9.17) is 0 Å². The summed E-state index contributed by atoms with van der Waals surface area (Å²) in [5.74, 6) is 0. The molecule has 0 heterocycles. The molecule has 1 aliphatic rings. The lowest BCUT2D eigenvalue weighted by Gasteiger charge is -2.27. The van der Waals surface area contributed by atoms with E-state index in [0.29, 0.717) is 5.56 Å². The normalized spacial score (nSPS) is 13.2. The van der Waals surface area contributed by atoms with Crippen LogP contribution >= 0.6 is 0 Å². The molecule has 2 nitrogen and oxygen atoms in total. The number of hydrogen-bond acceptors (Lipinski definition) is 2. The third kappa shape index (κ3) is 3.51. The fraction of sp³-hybridized carbons (Fsp3) is 0.0750. The van der Waals surface area contributed by atoms with Crippen molar-refractivity contribution in [3.63, 3.8) is 0 Å². The van der Waals surface area contributed by atoms with Gasteiger partial charge in [0.15, 0.2) is 0 Å². The fourth-order valence-electron chi connectivity index (χ4n) is 7.05. The molecule has 0 aromatic heterocycles. The quantitative estimate of drug-likeness (QED) is 0.210. The first-order valence-corrected chi connectivity index (χ1v) is 14.4. The number of fused-ring (bicyclic) bond motifs is 9. The van der Waals surface area contributed by atoms with Gasteiger partial charge in [-0.2, -0.15) is 5.26 Å². The highest BCUT2D eigenvalue weighted by atomic mass is 15.1. The van der Waals surface area contributed by atoms with Crippen LogP contribution < -0.4 is 4.90 Å². The molecule has 0 radical (unpaired) electrons. The summed E-state index contributed by atoms with van der Waals surface area (Å²) in [6.07, 6.45) is 0. The van der Waals surface area contributed by atoms with Gasteiger partial charge in [0.1, 0.15) is 0 Å². The molecule has 42 heavy (non-hydrogen) atoms. The highest BCUT2D eigenvalue weighted by Crippen LogP contribution is 2.55. The van der Waals surface area contributed by atoms with Crippen LogP contribution in [0.1, 0.15) is 30.5 Å². The van der Waals surface area contributed by atoms with Crippen molar-refractivity contribution in [1.29, 1.82) is 5.26 Å². The molecule has 1 aliphatic carbocycles. The Hall–Kier alpha value is -5.39. The van der Waals surface area contributed by atoms with Gasteiger partial charge in [0.2, 0.25) is 0 Å². The van der Waals surface area contributed by atoms with Gasteiger partial charge in [-0.1, -0.05) is 86.6 Å². The van der Waals surface area contributed by atoms with Gasteiger partial charge >= 0.3 is 0 Å². The van der Waals surface area contributed by atoms with Crippen molar-refractivity contribution in [3.05, 3.63) is 150 Å². The van der Waals surface area contributed by atoms with E-state index in [1.807, 2.05) is 30.3 Å². The number of nitrogens with zero attached hydrogens (tertiary/aromatic N) is 2. The zero-order valence-corrected chi connectivity index (χ0v) is 23.6. The van der Waals surface area contributed by atoms with E-state index >= 15 is 0 Å². The molecule has 8 rings (SSSR count). The fourth-order valence-corrected chi connectivity index (χ4v) is 7.05. The topological polar surface area (TPSA) is 27.0 Å². The Kier molecular flexibility index (Phi) is 5.27. The first kappa shape index (κ1) is 24.4. The van der Waals surface area contributed by atoms with Crippen molar-refractivity contribution < 1.29 is 0 Å². The number of para-hydroxylation sites is 1. The van der Waals surface area contributed by atoms with Crippen LogP contribution in [0.5, 0.6) is 0 Å². The minimum atomic E-state index is -0.148. The minimum Gasteiger partial charge on any atom is -0.310 e. The largest absolute Gasteiger partial charge is 0.310 e. The zero-order valence-electron chi connectivity index (χ0n) is 23.6. The van der Waals surface area contributed by atoms with Gasteiger partial charge in [-0.25, -0.2) is 0 Å². The number of anilines is 3. The number of hydrogen-bond donors (Lipinski definition) is 0. The Balaban J connectivity index is 1.42. The second-order valence-corrected chi connectivity index (χ2v) is 11.7. The lowest BCUT2D eigenvalue weighted by molar-refractivity contribution is 0.667. The highest BCUT2D eigenvalue weighted by molar-refractivity contribution is 6.19. The summed E-state index contributed by atoms with van der Waals surface area (Å²) in [6.45, 7) is 4.75. The van der Waals surface area contributed by atoms with Crippen LogP contribution in [0.2, 0.25) is 0 Å². The van der Waals surface area contributed by atoms with E-state index in [1.54, 1.807) is 0 Å². The molecule has 0 aliphatic heterocycles. The van der Waals surface area contributed by atoms with E-state index < -0.39 is 0 Å². The molecular weight excluding hydrogens is 508 g/mol. The van der Waals surface area contributed by atoms with Crippen molar-refractivity contribution in [2.24, 2.45) is 0 Å². The SMILES string of the molecule is CC1(C)c2cc3ccccc3cc2-c2c1c1ccc(N(c3ccccc3)c3ccc(C#N)cc3)cc1c1ccccc21. The maximum Gasteiger partial charge on any atom is 0.0991 e. The van der Waals surface area contributed by atoms with E-state index in [2.05, 4.69) is 128 Å². The monoisotopic (exact) mass is 536 g/mol. The molecule has 7 aromatic rings. The maximum absolute atomic E-state index is 9.40. The first-order valence-electron chi connectivity index (χ1n) is 14.4. The van der Waals surface area contributed by atoms with Crippen LogP contribution in [0.4, 0.5) is 17.1 Å². The lowest BCUT2D eigenvalue weighted by Crippen LogP contribution is -2.16. The molecular formula is C40H28N2. The predicted molar refractivity (Wildman–Crippen MR) is 176 cm³/mol. The molecule has 7 aromatic carbocycles. The zero-order chi connectivity index (χ0) is 28.4. The average Bonchev–Trinajstić information content (AvgIpc) is 3.27. The van der Waals surface area contributed by atoms with Gasteiger partial charge < -0.3 is 4.90 Å². The molecule has 198 valence electrons. The van der Waals surface area contributed by atoms with E-state index in [0.717, 1.165) is 17.1 Å². The van der Waals surface area contributed by atoms with Crippen molar-refractivity contribution in [2.45, 2.75) is 19.3 Å². The molecule has 0 bridgehead atoms. The van der Waals surface area contributed by atoms with Gasteiger partial charge in [-0.05, 0) is 115 Å². The third-order valence-electron chi connectivity index (χ3n) is 8.99. The molecule has 0 saturated heterocycles. The van der Waals surface area contributed by atoms with Crippen LogP contribution in [-0.4, -0.2) is 0 Å². The molecule has 2 heteroatoms. The smallest absolute Gasteiger partial charge is 0.0991 e. The molecule has 0 spiro atoms. The van der Waals surface area contributed by atoms with Crippen LogP contribution in [0.15, 0.2) is 133 Å². The molecule has 0 unspecified atom stereocenters. The molecule has 0 saturated carbocycles. The van der Waals surface area contributed by atoms with Crippen molar-refractivity contribution in [1.82, 2.24) is 0 Å². The lowest BCUT2D eigenvalue weighted by atomic mass is 9.79. The number of nitriles is 1. The summed E-state index contributed by atoms with van der Waals surface area (Å²) in [5, 5.41) is 17.1. The van der Waals surface area contributed by atoms with Crippen molar-refractivity contribution in [2.75, 3.05) is 4.90 Å². The summed E-state index contributed by atoms with van der Waals surface area (Å²) in [6, 6.07) is 49.8. The van der Waals surface area contributed by atoms with Gasteiger partial charge in [0.05, 0.1) is 11.6 Å². The Labute approximate surface area is 245 Å². The Bertz CT molecular complexity index is 2220. The number of rotatable bonds is 3. The van der Waals surface area contributed by atoms with Crippen molar-refractivity contribution >= 4 is 49.4 Å². The van der Waals surface area contributed by atoms with Crippen molar-refractivity contribution in [3.8, 4) is 17.2 Å². The number of benzene rings is 7. The van der Waals surface area contributed by atoms with Crippen LogP contribution in [-0.2, 0) is 5.41 Å². The molecule has 0 atom stereocenters. The van der Waals surface area contributed by atoms with Crippen LogP contribution in [0.3, 0.4) is 0 Å². The van der Waals surface area contributed by atoms with Gasteiger partial charge in [-0.3, -0.25) is 0 Å². The van der Waals surface area contributed by atoms with Gasteiger partial charge in [-0.15, -0.1) is 0 Å². The summed E-state index contributed by atoms with van der Waals surface area (Å²) >= 11 is 0. The summed E-state index contributed by atoms with van der Waals surface area (Å²) in [5.41, 5.74) is 9.19.